The summed E-state index contributed by atoms with van der Waals surface area (Å²) >= 11 is 0. The molecule has 0 aromatic heterocycles. The van der Waals surface area contributed by atoms with Gasteiger partial charge in [-0.05, 0) is 37.0 Å². The third-order valence-corrected chi connectivity index (χ3v) is 3.47. The summed E-state index contributed by atoms with van der Waals surface area (Å²) in [4.78, 5) is 11.8. The number of hydrogen-bond donors (Lipinski definition) is 2. The normalized spacial score (nSPS) is 13.9. The average Bonchev–Trinajstić information content (AvgIpc) is 2.45. The molecule has 0 aliphatic heterocycles. The van der Waals surface area contributed by atoms with Crippen LogP contribution in [0.3, 0.4) is 0 Å². The predicted octanol–water partition coefficient (Wildman–Crippen LogP) is 2.47. The lowest BCUT2D eigenvalue weighted by atomic mass is 10.0. The Bertz CT molecular complexity index is 439. The molecular formula is C16H25NO3. The SMILES string of the molecule is CCC(C)(CO)NC(=O)COc1cccc(C(C)C)c1. The maximum Gasteiger partial charge on any atom is 0.258 e. The van der Waals surface area contributed by atoms with Crippen molar-refractivity contribution < 1.29 is 14.6 Å². The van der Waals surface area contributed by atoms with E-state index in [4.69, 9.17) is 4.74 Å². The van der Waals surface area contributed by atoms with Crippen LogP contribution < -0.4 is 10.1 Å². The molecule has 2 N–H and O–H groups in total. The molecule has 0 spiro atoms. The molecule has 0 saturated carbocycles. The first-order valence-corrected chi connectivity index (χ1v) is 7.05. The quantitative estimate of drug-likeness (QED) is 0.806. The van der Waals surface area contributed by atoms with Crippen LogP contribution in [0.1, 0.15) is 45.6 Å². The Balaban J connectivity index is 2.55. The van der Waals surface area contributed by atoms with Gasteiger partial charge in [0.1, 0.15) is 5.75 Å². The summed E-state index contributed by atoms with van der Waals surface area (Å²) in [7, 11) is 0. The van der Waals surface area contributed by atoms with Crippen LogP contribution in [-0.4, -0.2) is 29.8 Å². The van der Waals surface area contributed by atoms with Crippen molar-refractivity contribution in [3.8, 4) is 5.75 Å². The van der Waals surface area contributed by atoms with E-state index >= 15 is 0 Å². The number of amides is 1. The lowest BCUT2D eigenvalue weighted by Gasteiger charge is -2.27. The molecule has 1 aromatic carbocycles. The summed E-state index contributed by atoms with van der Waals surface area (Å²) in [5.74, 6) is 0.886. The Morgan fingerprint density at radius 3 is 2.70 bits per heavy atom. The van der Waals surface area contributed by atoms with Crippen LogP contribution in [0.2, 0.25) is 0 Å². The summed E-state index contributed by atoms with van der Waals surface area (Å²) in [6.45, 7) is 7.82. The van der Waals surface area contributed by atoms with Crippen molar-refractivity contribution in [2.45, 2.75) is 45.6 Å². The van der Waals surface area contributed by atoms with Crippen molar-refractivity contribution in [2.24, 2.45) is 0 Å². The molecule has 0 bridgehead atoms. The first-order chi connectivity index (χ1) is 9.40. The molecule has 1 aromatic rings. The van der Waals surface area contributed by atoms with Gasteiger partial charge < -0.3 is 15.2 Å². The predicted molar refractivity (Wildman–Crippen MR) is 80.0 cm³/mol. The zero-order chi connectivity index (χ0) is 15.2. The molecule has 1 atom stereocenters. The van der Waals surface area contributed by atoms with Crippen LogP contribution in [0.5, 0.6) is 5.75 Å². The van der Waals surface area contributed by atoms with Crippen molar-refractivity contribution in [2.75, 3.05) is 13.2 Å². The van der Waals surface area contributed by atoms with E-state index in [0.29, 0.717) is 18.1 Å². The molecule has 0 aliphatic carbocycles. The van der Waals surface area contributed by atoms with Crippen molar-refractivity contribution in [1.29, 1.82) is 0 Å². The minimum atomic E-state index is -0.583. The number of hydrogen-bond acceptors (Lipinski definition) is 3. The van der Waals surface area contributed by atoms with Crippen LogP contribution in [0.15, 0.2) is 24.3 Å². The Kier molecular flexibility index (Phi) is 6.02. The number of aliphatic hydroxyl groups is 1. The second-order valence-corrected chi connectivity index (χ2v) is 5.64. The molecular weight excluding hydrogens is 254 g/mol. The van der Waals surface area contributed by atoms with Crippen molar-refractivity contribution in [3.63, 3.8) is 0 Å². The number of carbonyl (C=O) groups is 1. The number of nitrogens with one attached hydrogen (secondary N) is 1. The van der Waals surface area contributed by atoms with Gasteiger partial charge in [0, 0.05) is 0 Å². The molecule has 4 nitrogen and oxygen atoms in total. The topological polar surface area (TPSA) is 58.6 Å². The van der Waals surface area contributed by atoms with Crippen molar-refractivity contribution in [1.82, 2.24) is 5.32 Å². The van der Waals surface area contributed by atoms with Gasteiger partial charge in [0.05, 0.1) is 12.1 Å². The van der Waals surface area contributed by atoms with E-state index in [2.05, 4.69) is 19.2 Å². The number of aliphatic hydroxyl groups excluding tert-OH is 1. The zero-order valence-electron chi connectivity index (χ0n) is 12.8. The first kappa shape index (κ1) is 16.5. The van der Waals surface area contributed by atoms with E-state index in [0.717, 1.165) is 0 Å². The maximum absolute atomic E-state index is 11.8. The first-order valence-electron chi connectivity index (χ1n) is 7.05. The third-order valence-electron chi connectivity index (χ3n) is 3.47. The highest BCUT2D eigenvalue weighted by Crippen LogP contribution is 2.20. The largest absolute Gasteiger partial charge is 0.484 e. The average molecular weight is 279 g/mol. The van der Waals surface area contributed by atoms with E-state index < -0.39 is 5.54 Å². The van der Waals surface area contributed by atoms with Crippen LogP contribution in [0, 0.1) is 0 Å². The van der Waals surface area contributed by atoms with E-state index in [1.807, 2.05) is 38.1 Å². The summed E-state index contributed by atoms with van der Waals surface area (Å²) in [6, 6.07) is 7.75. The summed E-state index contributed by atoms with van der Waals surface area (Å²) in [5.41, 5.74) is 0.594. The van der Waals surface area contributed by atoms with Gasteiger partial charge in [0.25, 0.3) is 5.91 Å². The highest BCUT2D eigenvalue weighted by molar-refractivity contribution is 5.78. The summed E-state index contributed by atoms with van der Waals surface area (Å²) < 4.78 is 5.50. The van der Waals surface area contributed by atoms with Crippen LogP contribution in [0.25, 0.3) is 0 Å². The molecule has 1 amide bonds. The Labute approximate surface area is 121 Å². The van der Waals surface area contributed by atoms with Crippen molar-refractivity contribution >= 4 is 5.91 Å². The number of ether oxygens (including phenoxy) is 1. The van der Waals surface area contributed by atoms with E-state index in [1.54, 1.807) is 0 Å². The Morgan fingerprint density at radius 2 is 2.15 bits per heavy atom. The molecule has 0 fully saturated rings. The molecule has 1 unspecified atom stereocenters. The third kappa shape index (κ3) is 4.85. The van der Waals surface area contributed by atoms with E-state index in [1.165, 1.54) is 5.56 Å². The van der Waals surface area contributed by atoms with Crippen LogP contribution in [-0.2, 0) is 4.79 Å². The van der Waals surface area contributed by atoms with Gasteiger partial charge in [-0.1, -0.05) is 32.9 Å². The fourth-order valence-corrected chi connectivity index (χ4v) is 1.72. The lowest BCUT2D eigenvalue weighted by Crippen LogP contribution is -2.49. The molecule has 0 radical (unpaired) electrons. The minimum absolute atomic E-state index is 0.0445. The van der Waals surface area contributed by atoms with Crippen LogP contribution >= 0.6 is 0 Å². The van der Waals surface area contributed by atoms with Gasteiger partial charge in [0.2, 0.25) is 0 Å². The van der Waals surface area contributed by atoms with E-state index in [-0.39, 0.29) is 19.1 Å². The molecule has 4 heteroatoms. The summed E-state index contributed by atoms with van der Waals surface area (Å²) in [5, 5.41) is 12.0. The molecule has 20 heavy (non-hydrogen) atoms. The second-order valence-electron chi connectivity index (χ2n) is 5.64. The molecule has 0 aliphatic rings. The number of carbonyl (C=O) groups excluding carboxylic acids is 1. The zero-order valence-corrected chi connectivity index (χ0v) is 12.8. The van der Waals surface area contributed by atoms with Crippen molar-refractivity contribution in [3.05, 3.63) is 29.8 Å². The second kappa shape index (κ2) is 7.29. The monoisotopic (exact) mass is 279 g/mol. The minimum Gasteiger partial charge on any atom is -0.484 e. The molecule has 0 saturated heterocycles. The Morgan fingerprint density at radius 1 is 1.45 bits per heavy atom. The molecule has 1 rings (SSSR count). The fraction of sp³-hybridized carbons (Fsp3) is 0.562. The van der Waals surface area contributed by atoms with Crippen LogP contribution in [0.4, 0.5) is 0 Å². The van der Waals surface area contributed by atoms with E-state index in [9.17, 15) is 9.90 Å². The van der Waals surface area contributed by atoms with Gasteiger partial charge in [-0.15, -0.1) is 0 Å². The molecule has 112 valence electrons. The lowest BCUT2D eigenvalue weighted by molar-refractivity contribution is -0.125. The highest BCUT2D eigenvalue weighted by Gasteiger charge is 2.23. The molecule has 0 heterocycles. The van der Waals surface area contributed by atoms with Gasteiger partial charge in [-0.25, -0.2) is 0 Å². The van der Waals surface area contributed by atoms with Gasteiger partial charge >= 0.3 is 0 Å². The van der Waals surface area contributed by atoms with Gasteiger partial charge in [-0.3, -0.25) is 4.79 Å². The smallest absolute Gasteiger partial charge is 0.258 e. The number of benzene rings is 1. The highest BCUT2D eigenvalue weighted by atomic mass is 16.5. The number of rotatable bonds is 7. The van der Waals surface area contributed by atoms with Gasteiger partial charge in [-0.2, -0.15) is 0 Å². The summed E-state index contributed by atoms with van der Waals surface area (Å²) in [6.07, 6.45) is 0.665. The maximum atomic E-state index is 11.8. The van der Waals surface area contributed by atoms with Gasteiger partial charge in [0.15, 0.2) is 6.61 Å². The standard InChI is InChI=1S/C16H25NO3/c1-5-16(4,11-18)17-15(19)10-20-14-8-6-7-13(9-14)12(2)3/h6-9,12,18H,5,10-11H2,1-4H3,(H,17,19). The fourth-order valence-electron chi connectivity index (χ4n) is 1.72. The Hall–Kier alpha value is -1.55.